The van der Waals surface area contributed by atoms with Crippen molar-refractivity contribution >= 4 is 11.6 Å². The monoisotopic (exact) mass is 181 g/mol. The molecule has 72 valence electrons. The number of nitrogens with one attached hydrogen (secondary N) is 1. The number of hydrogen-bond acceptors (Lipinski definition) is 3. The molecule has 0 saturated heterocycles. The van der Waals surface area contributed by atoms with E-state index in [9.17, 15) is 9.59 Å². The van der Waals surface area contributed by atoms with Gasteiger partial charge in [-0.2, -0.15) is 0 Å². The lowest BCUT2D eigenvalue weighted by Crippen LogP contribution is -2.13. The third-order valence-corrected chi connectivity index (χ3v) is 1.23. The van der Waals surface area contributed by atoms with Crippen molar-refractivity contribution in [1.82, 2.24) is 5.32 Å². The molecule has 1 N–H and O–H groups in total. The SMILES string of the molecule is CC(=O)C=CCNCC=CC(C)=O. The van der Waals surface area contributed by atoms with E-state index in [2.05, 4.69) is 5.32 Å². The second kappa shape index (κ2) is 7.43. The van der Waals surface area contributed by atoms with Gasteiger partial charge in [0.15, 0.2) is 11.6 Å². The van der Waals surface area contributed by atoms with Crippen LogP contribution in [0.25, 0.3) is 0 Å². The minimum Gasteiger partial charge on any atom is -0.310 e. The highest BCUT2D eigenvalue weighted by Gasteiger charge is 1.82. The Morgan fingerprint density at radius 1 is 1.00 bits per heavy atom. The average Bonchev–Trinajstić information content (AvgIpc) is 2.01. The second-order valence-electron chi connectivity index (χ2n) is 2.68. The van der Waals surface area contributed by atoms with Gasteiger partial charge < -0.3 is 5.32 Å². The molecule has 13 heavy (non-hydrogen) atoms. The summed E-state index contributed by atoms with van der Waals surface area (Å²) >= 11 is 0. The van der Waals surface area contributed by atoms with E-state index in [-0.39, 0.29) is 11.6 Å². The number of allylic oxidation sites excluding steroid dienone is 2. The first-order valence-corrected chi connectivity index (χ1v) is 4.18. The smallest absolute Gasteiger partial charge is 0.152 e. The van der Waals surface area contributed by atoms with Crippen LogP contribution >= 0.6 is 0 Å². The molecule has 0 unspecified atom stereocenters. The molecule has 0 bridgehead atoms. The Kier molecular flexibility index (Phi) is 6.73. The van der Waals surface area contributed by atoms with Crippen LogP contribution in [-0.4, -0.2) is 24.7 Å². The lowest BCUT2D eigenvalue weighted by molar-refractivity contribution is -0.113. The molecule has 0 aliphatic heterocycles. The van der Waals surface area contributed by atoms with E-state index >= 15 is 0 Å². The van der Waals surface area contributed by atoms with Gasteiger partial charge in [0.2, 0.25) is 0 Å². The fourth-order valence-corrected chi connectivity index (χ4v) is 0.700. The molecule has 0 rings (SSSR count). The third-order valence-electron chi connectivity index (χ3n) is 1.23. The zero-order valence-corrected chi connectivity index (χ0v) is 8.04. The maximum atomic E-state index is 10.4. The molecule has 0 fully saturated rings. The van der Waals surface area contributed by atoms with Crippen LogP contribution in [-0.2, 0) is 9.59 Å². The molecule has 0 aromatic carbocycles. The summed E-state index contributed by atoms with van der Waals surface area (Å²) in [6.45, 7) is 4.29. The van der Waals surface area contributed by atoms with E-state index in [4.69, 9.17) is 0 Å². The molecule has 0 atom stereocenters. The Labute approximate surface area is 78.5 Å². The van der Waals surface area contributed by atoms with Gasteiger partial charge in [0.05, 0.1) is 0 Å². The fraction of sp³-hybridized carbons (Fsp3) is 0.400. The molecule has 0 aliphatic carbocycles. The van der Waals surface area contributed by atoms with Crippen molar-refractivity contribution in [1.29, 1.82) is 0 Å². The Balaban J connectivity index is 3.36. The topological polar surface area (TPSA) is 46.2 Å². The number of ketones is 2. The van der Waals surface area contributed by atoms with Crippen molar-refractivity contribution in [2.75, 3.05) is 13.1 Å². The molecule has 0 aliphatic rings. The molecule has 0 amide bonds. The molecule has 0 aromatic rings. The Hall–Kier alpha value is -1.22. The summed E-state index contributed by atoms with van der Waals surface area (Å²) in [4.78, 5) is 20.9. The summed E-state index contributed by atoms with van der Waals surface area (Å²) in [5, 5.41) is 3.02. The van der Waals surface area contributed by atoms with Gasteiger partial charge >= 0.3 is 0 Å². The van der Waals surface area contributed by atoms with Gasteiger partial charge in [0.1, 0.15) is 0 Å². The summed E-state index contributed by atoms with van der Waals surface area (Å²) < 4.78 is 0. The van der Waals surface area contributed by atoms with Gasteiger partial charge in [-0.3, -0.25) is 9.59 Å². The number of carbonyl (C=O) groups excluding carboxylic acids is 2. The predicted octanol–water partition coefficient (Wildman–Crippen LogP) is 0.866. The van der Waals surface area contributed by atoms with Crippen LogP contribution in [0.15, 0.2) is 24.3 Å². The summed E-state index contributed by atoms with van der Waals surface area (Å²) in [5.74, 6) is 0.0853. The molecular weight excluding hydrogens is 166 g/mol. The average molecular weight is 181 g/mol. The van der Waals surface area contributed by atoms with Gasteiger partial charge in [-0.05, 0) is 26.0 Å². The quantitative estimate of drug-likeness (QED) is 0.488. The van der Waals surface area contributed by atoms with Crippen molar-refractivity contribution in [2.24, 2.45) is 0 Å². The minimum absolute atomic E-state index is 0.0427. The number of hydrogen-bond donors (Lipinski definition) is 1. The first kappa shape index (κ1) is 11.8. The lowest BCUT2D eigenvalue weighted by atomic mass is 10.3. The van der Waals surface area contributed by atoms with E-state index in [1.807, 2.05) is 0 Å². The molecule has 0 heterocycles. The van der Waals surface area contributed by atoms with Crippen LogP contribution in [0.2, 0.25) is 0 Å². The predicted molar refractivity (Wildman–Crippen MR) is 52.5 cm³/mol. The molecule has 3 heteroatoms. The largest absolute Gasteiger partial charge is 0.310 e. The molecule has 3 nitrogen and oxygen atoms in total. The van der Waals surface area contributed by atoms with E-state index < -0.39 is 0 Å². The van der Waals surface area contributed by atoms with Gasteiger partial charge in [0, 0.05) is 13.1 Å². The third kappa shape index (κ3) is 10.8. The van der Waals surface area contributed by atoms with Crippen LogP contribution in [0, 0.1) is 0 Å². The van der Waals surface area contributed by atoms with Crippen molar-refractivity contribution in [3.05, 3.63) is 24.3 Å². The molecule has 0 aromatic heterocycles. The van der Waals surface area contributed by atoms with Crippen molar-refractivity contribution in [3.8, 4) is 0 Å². The first-order valence-electron chi connectivity index (χ1n) is 4.18. The Bertz CT molecular complexity index is 205. The van der Waals surface area contributed by atoms with Gasteiger partial charge in [-0.25, -0.2) is 0 Å². The zero-order valence-electron chi connectivity index (χ0n) is 8.04. The van der Waals surface area contributed by atoms with Crippen LogP contribution in [0.3, 0.4) is 0 Å². The van der Waals surface area contributed by atoms with Crippen LogP contribution < -0.4 is 5.32 Å². The number of carbonyl (C=O) groups is 2. The summed E-state index contributed by atoms with van der Waals surface area (Å²) in [6, 6.07) is 0. The summed E-state index contributed by atoms with van der Waals surface area (Å²) in [5.41, 5.74) is 0. The fourth-order valence-electron chi connectivity index (χ4n) is 0.700. The van der Waals surface area contributed by atoms with Crippen molar-refractivity contribution < 1.29 is 9.59 Å². The first-order chi connectivity index (χ1) is 6.13. The Morgan fingerprint density at radius 3 is 1.69 bits per heavy atom. The second-order valence-corrected chi connectivity index (χ2v) is 2.68. The van der Waals surface area contributed by atoms with Gasteiger partial charge in [-0.1, -0.05) is 12.2 Å². The van der Waals surface area contributed by atoms with Gasteiger partial charge in [0.25, 0.3) is 0 Å². The maximum absolute atomic E-state index is 10.4. The van der Waals surface area contributed by atoms with Crippen molar-refractivity contribution in [2.45, 2.75) is 13.8 Å². The molecule has 0 saturated carbocycles. The Morgan fingerprint density at radius 2 is 1.38 bits per heavy atom. The van der Waals surface area contributed by atoms with E-state index in [1.54, 1.807) is 12.2 Å². The van der Waals surface area contributed by atoms with E-state index in [0.29, 0.717) is 13.1 Å². The number of rotatable bonds is 6. The molecule has 0 radical (unpaired) electrons. The highest BCUT2D eigenvalue weighted by Crippen LogP contribution is 1.75. The maximum Gasteiger partial charge on any atom is 0.152 e. The zero-order chi connectivity index (χ0) is 10.1. The summed E-state index contributed by atoms with van der Waals surface area (Å²) in [6.07, 6.45) is 6.54. The van der Waals surface area contributed by atoms with Crippen molar-refractivity contribution in [3.63, 3.8) is 0 Å². The molecule has 0 spiro atoms. The van der Waals surface area contributed by atoms with Crippen LogP contribution in [0.4, 0.5) is 0 Å². The van der Waals surface area contributed by atoms with Gasteiger partial charge in [-0.15, -0.1) is 0 Å². The minimum atomic E-state index is 0.0427. The highest BCUT2D eigenvalue weighted by molar-refractivity contribution is 5.87. The normalized spacial score (nSPS) is 11.2. The standard InChI is InChI=1S/C10H15NO2/c1-9(12)5-3-7-11-8-4-6-10(2)13/h3-6,11H,7-8H2,1-2H3. The summed E-state index contributed by atoms with van der Waals surface area (Å²) in [7, 11) is 0. The highest BCUT2D eigenvalue weighted by atomic mass is 16.1. The van der Waals surface area contributed by atoms with E-state index in [1.165, 1.54) is 26.0 Å². The van der Waals surface area contributed by atoms with E-state index in [0.717, 1.165) is 0 Å². The van der Waals surface area contributed by atoms with Crippen LogP contribution in [0.1, 0.15) is 13.8 Å². The molecular formula is C10H15NO2. The van der Waals surface area contributed by atoms with Crippen LogP contribution in [0.5, 0.6) is 0 Å². The lowest BCUT2D eigenvalue weighted by Gasteiger charge is -1.93.